The van der Waals surface area contributed by atoms with Gasteiger partial charge in [-0.1, -0.05) is 11.2 Å². The number of hydrogen-bond acceptors (Lipinski definition) is 6. The van der Waals surface area contributed by atoms with Gasteiger partial charge in [0.05, 0.1) is 18.1 Å². The Balaban J connectivity index is 1.57. The zero-order valence-electron chi connectivity index (χ0n) is 15.1. The molecule has 1 aliphatic heterocycles. The number of aryl methyl sites for hydroxylation is 1. The lowest BCUT2D eigenvalue weighted by Crippen LogP contribution is -2.40. The van der Waals surface area contributed by atoms with E-state index in [1.165, 1.54) is 22.5 Å². The van der Waals surface area contributed by atoms with E-state index in [1.54, 1.807) is 31.2 Å². The largest absolute Gasteiger partial charge is 0.379 e. The fraction of sp³-hybridized carbons (Fsp3) is 0.263. The van der Waals surface area contributed by atoms with Crippen molar-refractivity contribution in [3.8, 4) is 22.8 Å². The lowest BCUT2D eigenvalue weighted by atomic mass is 10.1. The molecular weight excluding hydrogens is 385 g/mol. The van der Waals surface area contributed by atoms with Gasteiger partial charge in [0.15, 0.2) is 0 Å². The second kappa shape index (κ2) is 7.42. The zero-order valence-corrected chi connectivity index (χ0v) is 15.9. The van der Waals surface area contributed by atoms with Crippen molar-refractivity contribution < 1.29 is 22.1 Å². The van der Waals surface area contributed by atoms with Crippen LogP contribution in [0.5, 0.6) is 0 Å². The molecule has 9 heteroatoms. The van der Waals surface area contributed by atoms with Gasteiger partial charge in [-0.2, -0.15) is 9.29 Å². The summed E-state index contributed by atoms with van der Waals surface area (Å²) in [4.78, 5) is 4.48. The summed E-state index contributed by atoms with van der Waals surface area (Å²) >= 11 is 0. The number of benzene rings is 2. The SMILES string of the molecule is Cc1ccc(-c2nc(-c3ccc(S(=O)(=O)N4CCOCC4)cc3)no2)cc1F. The number of aromatic nitrogens is 2. The number of sulfonamides is 1. The van der Waals surface area contributed by atoms with Gasteiger partial charge in [-0.05, 0) is 48.9 Å². The summed E-state index contributed by atoms with van der Waals surface area (Å²) in [5.74, 6) is 0.139. The number of nitrogens with zero attached hydrogens (tertiary/aromatic N) is 3. The van der Waals surface area contributed by atoms with Gasteiger partial charge in [0.25, 0.3) is 5.89 Å². The van der Waals surface area contributed by atoms with E-state index in [2.05, 4.69) is 10.1 Å². The summed E-state index contributed by atoms with van der Waals surface area (Å²) in [7, 11) is -3.56. The van der Waals surface area contributed by atoms with Crippen LogP contribution in [0.15, 0.2) is 51.9 Å². The molecule has 146 valence electrons. The molecule has 1 aliphatic rings. The Bertz CT molecular complexity index is 1090. The topological polar surface area (TPSA) is 85.5 Å². The number of halogens is 1. The van der Waals surface area contributed by atoms with Crippen molar-refractivity contribution in [1.29, 1.82) is 0 Å². The van der Waals surface area contributed by atoms with Gasteiger partial charge in [-0.25, -0.2) is 12.8 Å². The number of ether oxygens (including phenoxy) is 1. The smallest absolute Gasteiger partial charge is 0.258 e. The van der Waals surface area contributed by atoms with Crippen LogP contribution in [-0.4, -0.2) is 49.2 Å². The van der Waals surface area contributed by atoms with Crippen LogP contribution in [0.2, 0.25) is 0 Å². The molecule has 7 nitrogen and oxygen atoms in total. The highest BCUT2D eigenvalue weighted by Gasteiger charge is 2.26. The summed E-state index contributed by atoms with van der Waals surface area (Å²) < 4.78 is 50.9. The highest BCUT2D eigenvalue weighted by molar-refractivity contribution is 7.89. The summed E-state index contributed by atoms with van der Waals surface area (Å²) in [5, 5.41) is 3.91. The van der Waals surface area contributed by atoms with Crippen LogP contribution >= 0.6 is 0 Å². The minimum absolute atomic E-state index is 0.193. The van der Waals surface area contributed by atoms with Crippen LogP contribution in [0.1, 0.15) is 5.56 Å². The Kier molecular flexibility index (Phi) is 4.96. The van der Waals surface area contributed by atoms with Gasteiger partial charge in [-0.3, -0.25) is 0 Å². The van der Waals surface area contributed by atoms with Crippen molar-refractivity contribution in [2.75, 3.05) is 26.3 Å². The van der Waals surface area contributed by atoms with Crippen LogP contribution in [0.25, 0.3) is 22.8 Å². The van der Waals surface area contributed by atoms with Gasteiger partial charge >= 0.3 is 0 Å². The Morgan fingerprint density at radius 2 is 1.71 bits per heavy atom. The summed E-state index contributed by atoms with van der Waals surface area (Å²) in [6.07, 6.45) is 0. The first-order valence-electron chi connectivity index (χ1n) is 8.74. The highest BCUT2D eigenvalue weighted by atomic mass is 32.2. The van der Waals surface area contributed by atoms with E-state index in [9.17, 15) is 12.8 Å². The Hall–Kier alpha value is -2.62. The minimum Gasteiger partial charge on any atom is -0.379 e. The van der Waals surface area contributed by atoms with Crippen molar-refractivity contribution in [1.82, 2.24) is 14.4 Å². The normalized spacial score (nSPS) is 15.6. The van der Waals surface area contributed by atoms with Crippen molar-refractivity contribution >= 4 is 10.0 Å². The standard InChI is InChI=1S/C19H18FN3O4S/c1-13-2-3-15(12-17(13)20)19-21-18(22-27-19)14-4-6-16(7-5-14)28(24,25)23-8-10-26-11-9-23/h2-7,12H,8-11H2,1H3. The molecule has 1 fully saturated rings. The molecule has 0 N–H and O–H groups in total. The third-order valence-corrected chi connectivity index (χ3v) is 6.48. The van der Waals surface area contributed by atoms with Gasteiger partial charge in [0.2, 0.25) is 15.8 Å². The molecule has 0 atom stereocenters. The second-order valence-corrected chi connectivity index (χ2v) is 8.37. The molecule has 0 amide bonds. The van der Waals surface area contributed by atoms with Crippen LogP contribution in [0.4, 0.5) is 4.39 Å². The van der Waals surface area contributed by atoms with Crippen LogP contribution in [0.3, 0.4) is 0 Å². The van der Waals surface area contributed by atoms with E-state index in [0.29, 0.717) is 48.8 Å². The fourth-order valence-corrected chi connectivity index (χ4v) is 4.30. The second-order valence-electron chi connectivity index (χ2n) is 6.43. The fourth-order valence-electron chi connectivity index (χ4n) is 2.90. The van der Waals surface area contributed by atoms with Crippen LogP contribution < -0.4 is 0 Å². The number of hydrogen-bond donors (Lipinski definition) is 0. The quantitative estimate of drug-likeness (QED) is 0.666. The molecule has 2 heterocycles. The Morgan fingerprint density at radius 3 is 2.39 bits per heavy atom. The first-order chi connectivity index (χ1) is 13.4. The molecular formula is C19H18FN3O4S. The third-order valence-electron chi connectivity index (χ3n) is 4.57. The molecule has 1 aromatic heterocycles. The van der Waals surface area contributed by atoms with E-state index in [0.717, 1.165) is 0 Å². The first-order valence-corrected chi connectivity index (χ1v) is 10.2. The van der Waals surface area contributed by atoms with Crippen molar-refractivity contribution in [3.05, 3.63) is 53.8 Å². The third kappa shape index (κ3) is 3.56. The van der Waals surface area contributed by atoms with E-state index >= 15 is 0 Å². The molecule has 0 aliphatic carbocycles. The Labute approximate surface area is 161 Å². The predicted octanol–water partition coefficient (Wildman–Crippen LogP) is 2.87. The van der Waals surface area contributed by atoms with Gasteiger partial charge in [0, 0.05) is 24.2 Å². The maximum atomic E-state index is 13.7. The molecule has 3 aromatic rings. The monoisotopic (exact) mass is 403 g/mol. The molecule has 1 saturated heterocycles. The van der Waals surface area contributed by atoms with Gasteiger partial charge in [-0.15, -0.1) is 0 Å². The van der Waals surface area contributed by atoms with Crippen molar-refractivity contribution in [3.63, 3.8) is 0 Å². The van der Waals surface area contributed by atoms with E-state index in [-0.39, 0.29) is 16.6 Å². The molecule has 0 saturated carbocycles. The minimum atomic E-state index is -3.56. The first kappa shape index (κ1) is 18.7. The molecule has 0 radical (unpaired) electrons. The number of morpholine rings is 1. The lowest BCUT2D eigenvalue weighted by Gasteiger charge is -2.26. The molecule has 0 bridgehead atoms. The summed E-state index contributed by atoms with van der Waals surface area (Å²) in [5.41, 5.74) is 1.61. The molecule has 2 aromatic carbocycles. The molecule has 4 rings (SSSR count). The van der Waals surface area contributed by atoms with Crippen LogP contribution in [0, 0.1) is 12.7 Å². The number of rotatable bonds is 4. The molecule has 0 unspecified atom stereocenters. The predicted molar refractivity (Wildman–Crippen MR) is 99.4 cm³/mol. The maximum absolute atomic E-state index is 13.7. The van der Waals surface area contributed by atoms with E-state index < -0.39 is 10.0 Å². The summed E-state index contributed by atoms with van der Waals surface area (Å²) in [6.45, 7) is 3.13. The van der Waals surface area contributed by atoms with Gasteiger partial charge in [0.1, 0.15) is 5.82 Å². The summed E-state index contributed by atoms with van der Waals surface area (Å²) in [6, 6.07) is 11.0. The maximum Gasteiger partial charge on any atom is 0.258 e. The van der Waals surface area contributed by atoms with Crippen LogP contribution in [-0.2, 0) is 14.8 Å². The van der Waals surface area contributed by atoms with E-state index in [4.69, 9.17) is 9.26 Å². The van der Waals surface area contributed by atoms with Gasteiger partial charge < -0.3 is 9.26 Å². The van der Waals surface area contributed by atoms with E-state index in [1.807, 2.05) is 0 Å². The van der Waals surface area contributed by atoms with Crippen molar-refractivity contribution in [2.24, 2.45) is 0 Å². The average Bonchev–Trinajstić information content (AvgIpc) is 3.21. The van der Waals surface area contributed by atoms with Crippen molar-refractivity contribution in [2.45, 2.75) is 11.8 Å². The average molecular weight is 403 g/mol. The molecule has 0 spiro atoms. The zero-order chi connectivity index (χ0) is 19.7. The Morgan fingerprint density at radius 1 is 1.04 bits per heavy atom. The molecule has 28 heavy (non-hydrogen) atoms. The lowest BCUT2D eigenvalue weighted by molar-refractivity contribution is 0.0730. The highest BCUT2D eigenvalue weighted by Crippen LogP contribution is 2.25.